The number of morpholine rings is 1. The van der Waals surface area contributed by atoms with Crippen LogP contribution in [0.1, 0.15) is 0 Å². The van der Waals surface area contributed by atoms with Crippen LogP contribution in [-0.4, -0.2) is 67.3 Å². The molecule has 2 heterocycles. The highest BCUT2D eigenvalue weighted by atomic mass is 32.2. The van der Waals surface area contributed by atoms with Crippen LogP contribution in [0.3, 0.4) is 0 Å². The quantitative estimate of drug-likeness (QED) is 0.715. The Kier molecular flexibility index (Phi) is 5.77. The zero-order chi connectivity index (χ0) is 17.6. The van der Waals surface area contributed by atoms with E-state index in [0.29, 0.717) is 48.6 Å². The molecule has 1 fully saturated rings. The highest BCUT2D eigenvalue weighted by Gasteiger charge is 2.21. The molecule has 0 aliphatic carbocycles. The Hall–Kier alpha value is -2.26. The smallest absolute Gasteiger partial charge is 0.277 e. The number of thioether (sulfide) groups is 1. The molecule has 8 nitrogen and oxygen atoms in total. The third-order valence-electron chi connectivity index (χ3n) is 3.73. The fourth-order valence-electron chi connectivity index (χ4n) is 2.46. The van der Waals surface area contributed by atoms with Crippen LogP contribution >= 0.6 is 11.8 Å². The Morgan fingerprint density at radius 3 is 2.52 bits per heavy atom. The van der Waals surface area contributed by atoms with Crippen LogP contribution in [0.25, 0.3) is 11.5 Å². The summed E-state index contributed by atoms with van der Waals surface area (Å²) in [5.74, 6) is 1.71. The lowest BCUT2D eigenvalue weighted by Gasteiger charge is -2.26. The molecule has 0 atom stereocenters. The van der Waals surface area contributed by atoms with Crippen molar-refractivity contribution in [1.82, 2.24) is 15.1 Å². The number of hydrogen-bond donors (Lipinski definition) is 0. The number of amides is 1. The van der Waals surface area contributed by atoms with Gasteiger partial charge in [0.15, 0.2) is 0 Å². The van der Waals surface area contributed by atoms with E-state index >= 15 is 0 Å². The number of nitrogens with zero attached hydrogens (tertiary/aromatic N) is 3. The van der Waals surface area contributed by atoms with Gasteiger partial charge in [0.1, 0.15) is 17.1 Å². The van der Waals surface area contributed by atoms with Crippen LogP contribution < -0.4 is 9.47 Å². The number of methoxy groups -OCH3 is 2. The van der Waals surface area contributed by atoms with Crippen molar-refractivity contribution in [3.05, 3.63) is 18.2 Å². The summed E-state index contributed by atoms with van der Waals surface area (Å²) in [6.45, 7) is 2.39. The van der Waals surface area contributed by atoms with Gasteiger partial charge in [-0.15, -0.1) is 10.2 Å². The van der Waals surface area contributed by atoms with Crippen molar-refractivity contribution in [2.45, 2.75) is 5.22 Å². The van der Waals surface area contributed by atoms with Gasteiger partial charge in [0.25, 0.3) is 11.1 Å². The van der Waals surface area contributed by atoms with Crippen LogP contribution in [-0.2, 0) is 9.53 Å². The first-order valence-electron chi connectivity index (χ1n) is 7.76. The molecule has 1 aliphatic rings. The van der Waals surface area contributed by atoms with Crippen LogP contribution in [0.5, 0.6) is 11.5 Å². The normalized spacial score (nSPS) is 14.4. The summed E-state index contributed by atoms with van der Waals surface area (Å²) >= 11 is 1.21. The predicted molar refractivity (Wildman–Crippen MR) is 91.0 cm³/mol. The van der Waals surface area contributed by atoms with Crippen molar-refractivity contribution in [2.24, 2.45) is 0 Å². The largest absolute Gasteiger partial charge is 0.496 e. The molecule has 0 bridgehead atoms. The number of carbonyl (C=O) groups is 1. The van der Waals surface area contributed by atoms with Gasteiger partial charge >= 0.3 is 0 Å². The van der Waals surface area contributed by atoms with E-state index in [2.05, 4.69) is 10.2 Å². The molecular formula is C16H19N3O5S. The summed E-state index contributed by atoms with van der Waals surface area (Å²) in [5, 5.41) is 8.38. The first-order valence-corrected chi connectivity index (χ1v) is 8.74. The number of aromatic nitrogens is 2. The molecule has 0 unspecified atom stereocenters. The summed E-state index contributed by atoms with van der Waals surface area (Å²) in [7, 11) is 3.12. The molecule has 25 heavy (non-hydrogen) atoms. The van der Waals surface area contributed by atoms with Gasteiger partial charge in [0.2, 0.25) is 5.91 Å². The first kappa shape index (κ1) is 17.6. The minimum Gasteiger partial charge on any atom is -0.496 e. The molecule has 2 aromatic rings. The lowest BCUT2D eigenvalue weighted by Crippen LogP contribution is -2.41. The lowest BCUT2D eigenvalue weighted by molar-refractivity contribution is -0.132. The van der Waals surface area contributed by atoms with E-state index in [4.69, 9.17) is 18.6 Å². The zero-order valence-electron chi connectivity index (χ0n) is 14.1. The Balaban J connectivity index is 1.69. The number of benzene rings is 1. The summed E-state index contributed by atoms with van der Waals surface area (Å²) in [4.78, 5) is 13.9. The second-order valence-corrected chi connectivity index (χ2v) is 6.12. The predicted octanol–water partition coefficient (Wildman–Crippen LogP) is 1.70. The Bertz CT molecular complexity index is 708. The molecular weight excluding hydrogens is 346 g/mol. The second-order valence-electron chi connectivity index (χ2n) is 5.19. The van der Waals surface area contributed by atoms with Gasteiger partial charge < -0.3 is 23.5 Å². The number of ether oxygens (including phenoxy) is 3. The van der Waals surface area contributed by atoms with Gasteiger partial charge in [-0.25, -0.2) is 0 Å². The molecule has 0 radical (unpaired) electrons. The summed E-state index contributed by atoms with van der Waals surface area (Å²) in [6, 6.07) is 5.39. The van der Waals surface area contributed by atoms with Crippen molar-refractivity contribution in [3.63, 3.8) is 0 Å². The zero-order valence-corrected chi connectivity index (χ0v) is 14.9. The van der Waals surface area contributed by atoms with Gasteiger partial charge in [-0.3, -0.25) is 4.79 Å². The van der Waals surface area contributed by atoms with Crippen molar-refractivity contribution >= 4 is 17.7 Å². The lowest BCUT2D eigenvalue weighted by atomic mass is 10.2. The van der Waals surface area contributed by atoms with E-state index in [-0.39, 0.29) is 17.6 Å². The SMILES string of the molecule is COc1cccc(OC)c1-c1nnc(SCC(=O)N2CCOCC2)o1. The minimum atomic E-state index is 0.0305. The topological polar surface area (TPSA) is 86.9 Å². The van der Waals surface area contributed by atoms with E-state index in [9.17, 15) is 4.79 Å². The fourth-order valence-corrected chi connectivity index (χ4v) is 3.12. The van der Waals surface area contributed by atoms with Gasteiger partial charge in [-0.2, -0.15) is 0 Å². The molecule has 0 N–H and O–H groups in total. The summed E-state index contributed by atoms with van der Waals surface area (Å²) in [5.41, 5.74) is 0.589. The maximum atomic E-state index is 12.2. The van der Waals surface area contributed by atoms with E-state index in [1.54, 1.807) is 31.3 Å². The average molecular weight is 365 g/mol. The molecule has 3 rings (SSSR count). The minimum absolute atomic E-state index is 0.0305. The van der Waals surface area contributed by atoms with Gasteiger partial charge in [0.05, 0.1) is 33.2 Å². The monoisotopic (exact) mass is 365 g/mol. The molecule has 9 heteroatoms. The van der Waals surface area contributed by atoms with E-state index in [0.717, 1.165) is 0 Å². The molecule has 1 aromatic heterocycles. The number of hydrogen-bond acceptors (Lipinski definition) is 8. The van der Waals surface area contributed by atoms with Crippen LogP contribution in [0.4, 0.5) is 0 Å². The van der Waals surface area contributed by atoms with Crippen molar-refractivity contribution in [1.29, 1.82) is 0 Å². The first-order chi connectivity index (χ1) is 12.2. The fraction of sp³-hybridized carbons (Fsp3) is 0.438. The van der Waals surface area contributed by atoms with Crippen molar-refractivity contribution < 1.29 is 23.4 Å². The van der Waals surface area contributed by atoms with Crippen molar-refractivity contribution in [3.8, 4) is 23.0 Å². The van der Waals surface area contributed by atoms with E-state index < -0.39 is 0 Å². The second kappa shape index (κ2) is 8.21. The van der Waals surface area contributed by atoms with Gasteiger partial charge in [-0.05, 0) is 12.1 Å². The van der Waals surface area contributed by atoms with Crippen LogP contribution in [0.15, 0.2) is 27.8 Å². The molecule has 1 aliphatic heterocycles. The molecule has 1 aromatic carbocycles. The molecule has 1 amide bonds. The third kappa shape index (κ3) is 4.05. The van der Waals surface area contributed by atoms with Crippen molar-refractivity contribution in [2.75, 3.05) is 46.3 Å². The van der Waals surface area contributed by atoms with Gasteiger partial charge in [-0.1, -0.05) is 17.8 Å². The average Bonchev–Trinajstić information content (AvgIpc) is 3.14. The third-order valence-corrected chi connectivity index (χ3v) is 4.53. The maximum Gasteiger partial charge on any atom is 0.277 e. The van der Waals surface area contributed by atoms with Gasteiger partial charge in [0, 0.05) is 13.1 Å². The van der Waals surface area contributed by atoms with Crippen LogP contribution in [0.2, 0.25) is 0 Å². The Morgan fingerprint density at radius 1 is 1.20 bits per heavy atom. The number of rotatable bonds is 6. The molecule has 1 saturated heterocycles. The van der Waals surface area contributed by atoms with E-state index in [1.165, 1.54) is 11.8 Å². The molecule has 134 valence electrons. The Morgan fingerprint density at radius 2 is 1.88 bits per heavy atom. The standard InChI is InChI=1S/C16H19N3O5S/c1-21-11-4-3-5-12(22-2)14(11)15-17-18-16(24-15)25-10-13(20)19-6-8-23-9-7-19/h3-5H,6-10H2,1-2H3. The molecule has 0 spiro atoms. The van der Waals surface area contributed by atoms with Crippen LogP contribution in [0, 0.1) is 0 Å². The van der Waals surface area contributed by atoms with E-state index in [1.807, 2.05) is 6.07 Å². The Labute approximate surface area is 149 Å². The highest BCUT2D eigenvalue weighted by Crippen LogP contribution is 2.38. The number of carbonyl (C=O) groups excluding carboxylic acids is 1. The maximum absolute atomic E-state index is 12.2. The molecule has 0 saturated carbocycles. The summed E-state index contributed by atoms with van der Waals surface area (Å²) in [6.07, 6.45) is 0. The summed E-state index contributed by atoms with van der Waals surface area (Å²) < 4.78 is 21.6. The highest BCUT2D eigenvalue weighted by molar-refractivity contribution is 7.99.